The molecule has 0 aromatic carbocycles. The van der Waals surface area contributed by atoms with Crippen molar-refractivity contribution in [3.63, 3.8) is 0 Å². The predicted molar refractivity (Wildman–Crippen MR) is 75.6 cm³/mol. The Balaban J connectivity index is 1.79. The number of fused-ring (bicyclic) bond motifs is 1. The Morgan fingerprint density at radius 2 is 2.21 bits per heavy atom. The van der Waals surface area contributed by atoms with Gasteiger partial charge in [0, 0.05) is 5.69 Å². The largest absolute Gasteiger partial charge is 0.325 e. The van der Waals surface area contributed by atoms with Gasteiger partial charge in [-0.15, -0.1) is 11.3 Å². The third kappa shape index (κ3) is 2.41. The number of amides is 2. The number of urea groups is 1. The van der Waals surface area contributed by atoms with E-state index in [4.69, 9.17) is 0 Å². The standard InChI is InChI=1S/C12H11N5OS/c1-7-4-5-8-10(13-7)16-17-11(8)15-12(18)14-9-3-2-6-19-9/h2-6H,1H3,(H3,13,14,15,16,17,18). The molecule has 0 aliphatic rings. The number of H-pyrrole nitrogens is 1. The molecule has 2 amide bonds. The number of rotatable bonds is 2. The summed E-state index contributed by atoms with van der Waals surface area (Å²) in [7, 11) is 0. The zero-order valence-corrected chi connectivity index (χ0v) is 10.9. The Morgan fingerprint density at radius 3 is 3.00 bits per heavy atom. The zero-order chi connectivity index (χ0) is 13.2. The van der Waals surface area contributed by atoms with Gasteiger partial charge in [-0.1, -0.05) is 0 Å². The predicted octanol–water partition coefficient (Wildman–Crippen LogP) is 2.97. The number of carbonyl (C=O) groups is 1. The Kier molecular flexibility index (Phi) is 2.88. The van der Waals surface area contributed by atoms with Gasteiger partial charge in [-0.3, -0.25) is 15.7 Å². The average molecular weight is 273 g/mol. The highest BCUT2D eigenvalue weighted by Gasteiger charge is 2.10. The molecule has 6 nitrogen and oxygen atoms in total. The molecule has 0 saturated carbocycles. The summed E-state index contributed by atoms with van der Waals surface area (Å²) in [5.41, 5.74) is 1.55. The van der Waals surface area contributed by atoms with E-state index >= 15 is 0 Å². The molecule has 3 heterocycles. The normalized spacial score (nSPS) is 10.6. The van der Waals surface area contributed by atoms with E-state index in [1.807, 2.05) is 36.6 Å². The molecule has 3 aromatic heterocycles. The van der Waals surface area contributed by atoms with Crippen LogP contribution in [0.2, 0.25) is 0 Å². The van der Waals surface area contributed by atoms with Gasteiger partial charge in [0.1, 0.15) is 0 Å². The van der Waals surface area contributed by atoms with Gasteiger partial charge in [-0.2, -0.15) is 5.10 Å². The Bertz CT molecular complexity index is 719. The molecule has 3 rings (SSSR count). The number of nitrogens with one attached hydrogen (secondary N) is 3. The first-order valence-corrected chi connectivity index (χ1v) is 6.53. The maximum atomic E-state index is 11.8. The van der Waals surface area contributed by atoms with Crippen LogP contribution in [-0.4, -0.2) is 21.2 Å². The maximum Gasteiger partial charge on any atom is 0.325 e. The number of thiophene rings is 1. The van der Waals surface area contributed by atoms with Crippen molar-refractivity contribution < 1.29 is 4.79 Å². The van der Waals surface area contributed by atoms with E-state index in [0.717, 1.165) is 16.1 Å². The summed E-state index contributed by atoms with van der Waals surface area (Å²) in [5.74, 6) is 0.469. The van der Waals surface area contributed by atoms with Crippen LogP contribution in [0.5, 0.6) is 0 Å². The van der Waals surface area contributed by atoms with E-state index in [9.17, 15) is 4.79 Å². The van der Waals surface area contributed by atoms with E-state index in [1.54, 1.807) is 0 Å². The molecule has 0 aliphatic heterocycles. The van der Waals surface area contributed by atoms with Crippen molar-refractivity contribution in [2.45, 2.75) is 6.92 Å². The van der Waals surface area contributed by atoms with Gasteiger partial charge in [0.2, 0.25) is 0 Å². The summed E-state index contributed by atoms with van der Waals surface area (Å²) in [4.78, 5) is 16.1. The van der Waals surface area contributed by atoms with Crippen LogP contribution in [0.4, 0.5) is 15.6 Å². The van der Waals surface area contributed by atoms with Gasteiger partial charge in [-0.05, 0) is 36.6 Å². The smallest absolute Gasteiger partial charge is 0.299 e. The van der Waals surface area contributed by atoms with Crippen molar-refractivity contribution >= 4 is 39.2 Å². The number of pyridine rings is 1. The SMILES string of the molecule is Cc1ccc2c(NC(=O)Nc3cccs3)n[nH]c2n1. The molecule has 0 spiro atoms. The van der Waals surface area contributed by atoms with Crippen LogP contribution < -0.4 is 10.6 Å². The molecule has 0 aliphatic carbocycles. The summed E-state index contributed by atoms with van der Waals surface area (Å²) in [6.45, 7) is 1.90. The molecule has 96 valence electrons. The van der Waals surface area contributed by atoms with Gasteiger partial charge in [-0.25, -0.2) is 9.78 Å². The molecule has 19 heavy (non-hydrogen) atoms. The summed E-state index contributed by atoms with van der Waals surface area (Å²) in [6, 6.07) is 7.13. The van der Waals surface area contributed by atoms with Crippen LogP contribution in [0.15, 0.2) is 29.6 Å². The number of anilines is 2. The Hall–Kier alpha value is -2.41. The molecule has 0 fully saturated rings. The van der Waals surface area contributed by atoms with Gasteiger partial charge in [0.25, 0.3) is 0 Å². The quantitative estimate of drug-likeness (QED) is 0.671. The third-order valence-electron chi connectivity index (χ3n) is 2.55. The van der Waals surface area contributed by atoms with E-state index in [1.165, 1.54) is 11.3 Å². The molecule has 0 atom stereocenters. The minimum Gasteiger partial charge on any atom is -0.299 e. The van der Waals surface area contributed by atoms with Crippen molar-refractivity contribution in [1.82, 2.24) is 15.2 Å². The first-order valence-electron chi connectivity index (χ1n) is 5.65. The molecular formula is C12H11N5OS. The van der Waals surface area contributed by atoms with Gasteiger partial charge >= 0.3 is 6.03 Å². The van der Waals surface area contributed by atoms with Crippen LogP contribution >= 0.6 is 11.3 Å². The monoisotopic (exact) mass is 273 g/mol. The fourth-order valence-electron chi connectivity index (χ4n) is 1.70. The fourth-order valence-corrected chi connectivity index (χ4v) is 2.31. The van der Waals surface area contributed by atoms with Gasteiger partial charge in [0.05, 0.1) is 10.4 Å². The number of aromatic amines is 1. The average Bonchev–Trinajstić information content (AvgIpc) is 2.99. The first-order chi connectivity index (χ1) is 9.22. The van der Waals surface area contributed by atoms with E-state index in [-0.39, 0.29) is 6.03 Å². The molecule has 0 unspecified atom stereocenters. The molecule has 7 heteroatoms. The highest BCUT2D eigenvalue weighted by molar-refractivity contribution is 7.14. The first kappa shape index (κ1) is 11.7. The molecule has 0 saturated heterocycles. The number of hydrogen-bond donors (Lipinski definition) is 3. The summed E-state index contributed by atoms with van der Waals surface area (Å²) >= 11 is 1.46. The topological polar surface area (TPSA) is 82.7 Å². The van der Waals surface area contributed by atoms with Gasteiger partial charge < -0.3 is 0 Å². The van der Waals surface area contributed by atoms with Crippen molar-refractivity contribution in [1.29, 1.82) is 0 Å². The van der Waals surface area contributed by atoms with Crippen LogP contribution in [0, 0.1) is 6.92 Å². The lowest BCUT2D eigenvalue weighted by atomic mass is 10.3. The second kappa shape index (κ2) is 4.69. The number of nitrogens with zero attached hydrogens (tertiary/aromatic N) is 2. The van der Waals surface area contributed by atoms with Crippen LogP contribution in [0.25, 0.3) is 11.0 Å². The zero-order valence-electron chi connectivity index (χ0n) is 10.1. The minimum atomic E-state index is -0.323. The van der Waals surface area contributed by atoms with Crippen molar-refractivity contribution in [3.8, 4) is 0 Å². The van der Waals surface area contributed by atoms with E-state index in [0.29, 0.717) is 11.5 Å². The molecular weight excluding hydrogens is 262 g/mol. The van der Waals surface area contributed by atoms with Crippen LogP contribution in [0.1, 0.15) is 5.69 Å². The Morgan fingerprint density at radius 1 is 1.32 bits per heavy atom. The number of hydrogen-bond acceptors (Lipinski definition) is 4. The summed E-state index contributed by atoms with van der Waals surface area (Å²) in [6.07, 6.45) is 0. The summed E-state index contributed by atoms with van der Waals surface area (Å²) in [5, 5.41) is 15.7. The summed E-state index contributed by atoms with van der Waals surface area (Å²) < 4.78 is 0. The van der Waals surface area contributed by atoms with Crippen LogP contribution in [0.3, 0.4) is 0 Å². The van der Waals surface area contributed by atoms with Crippen molar-refractivity contribution in [2.24, 2.45) is 0 Å². The Labute approximate surface area is 112 Å². The van der Waals surface area contributed by atoms with E-state index in [2.05, 4.69) is 25.8 Å². The van der Waals surface area contributed by atoms with Gasteiger partial charge in [0.15, 0.2) is 11.5 Å². The lowest BCUT2D eigenvalue weighted by Crippen LogP contribution is -2.19. The second-order valence-corrected chi connectivity index (χ2v) is 4.93. The lowest BCUT2D eigenvalue weighted by molar-refractivity contribution is 0.262. The lowest BCUT2D eigenvalue weighted by Gasteiger charge is -2.03. The second-order valence-electron chi connectivity index (χ2n) is 3.98. The maximum absolute atomic E-state index is 11.8. The van der Waals surface area contributed by atoms with E-state index < -0.39 is 0 Å². The highest BCUT2D eigenvalue weighted by Crippen LogP contribution is 2.20. The van der Waals surface area contributed by atoms with Crippen molar-refractivity contribution in [3.05, 3.63) is 35.3 Å². The molecule has 3 aromatic rings. The highest BCUT2D eigenvalue weighted by atomic mass is 32.1. The fraction of sp³-hybridized carbons (Fsp3) is 0.0833. The molecule has 0 bridgehead atoms. The molecule has 3 N–H and O–H groups in total. The number of carbonyl (C=O) groups excluding carboxylic acids is 1. The van der Waals surface area contributed by atoms with Crippen LogP contribution in [-0.2, 0) is 0 Å². The third-order valence-corrected chi connectivity index (χ3v) is 3.34. The number of aromatic nitrogens is 3. The number of aryl methyl sites for hydroxylation is 1. The minimum absolute atomic E-state index is 0.323. The van der Waals surface area contributed by atoms with Crippen molar-refractivity contribution in [2.75, 3.05) is 10.6 Å². The molecule has 0 radical (unpaired) electrons.